The lowest BCUT2D eigenvalue weighted by molar-refractivity contribution is -0.155. The molecule has 0 fully saturated rings. The molecule has 7 heteroatoms. The molecule has 33 heavy (non-hydrogen) atoms. The SMILES string of the molecule is O=C(CCOc1ccccc1)OC(C(=O)Nc1ccc2ncccc2c1)c1ccc(Br)cc1. The summed E-state index contributed by atoms with van der Waals surface area (Å²) in [5.74, 6) is -0.312. The van der Waals surface area contributed by atoms with Gasteiger partial charge in [-0.3, -0.25) is 14.6 Å². The van der Waals surface area contributed by atoms with Gasteiger partial charge < -0.3 is 14.8 Å². The Morgan fingerprint density at radius 1 is 0.939 bits per heavy atom. The summed E-state index contributed by atoms with van der Waals surface area (Å²) in [7, 11) is 0. The minimum atomic E-state index is -1.10. The summed E-state index contributed by atoms with van der Waals surface area (Å²) in [6.07, 6.45) is 0.619. The fourth-order valence-corrected chi connectivity index (χ4v) is 3.50. The highest BCUT2D eigenvalue weighted by atomic mass is 79.9. The van der Waals surface area contributed by atoms with Crippen LogP contribution >= 0.6 is 15.9 Å². The number of ether oxygens (including phenoxy) is 2. The molecule has 1 unspecified atom stereocenters. The van der Waals surface area contributed by atoms with Gasteiger partial charge in [-0.1, -0.05) is 52.3 Å². The summed E-state index contributed by atoms with van der Waals surface area (Å²) in [4.78, 5) is 29.9. The van der Waals surface area contributed by atoms with Gasteiger partial charge in [-0.2, -0.15) is 0 Å². The quantitative estimate of drug-likeness (QED) is 0.312. The van der Waals surface area contributed by atoms with Gasteiger partial charge in [-0.15, -0.1) is 0 Å². The number of carbonyl (C=O) groups is 2. The molecule has 0 aliphatic heterocycles. The average Bonchev–Trinajstić information content (AvgIpc) is 2.84. The van der Waals surface area contributed by atoms with Crippen LogP contribution in [0.25, 0.3) is 10.9 Å². The number of pyridine rings is 1. The molecule has 0 bridgehead atoms. The lowest BCUT2D eigenvalue weighted by atomic mass is 10.1. The third-order valence-electron chi connectivity index (χ3n) is 4.85. The minimum Gasteiger partial charge on any atom is -0.493 e. The predicted octanol–water partition coefficient (Wildman–Crippen LogP) is 5.69. The summed E-state index contributed by atoms with van der Waals surface area (Å²) in [5.41, 5.74) is 1.98. The van der Waals surface area contributed by atoms with Crippen molar-refractivity contribution in [2.24, 2.45) is 0 Å². The van der Waals surface area contributed by atoms with Crippen LogP contribution in [0, 0.1) is 0 Å². The number of rotatable bonds is 8. The van der Waals surface area contributed by atoms with Crippen molar-refractivity contribution in [1.29, 1.82) is 0 Å². The van der Waals surface area contributed by atoms with Crippen LogP contribution in [-0.2, 0) is 14.3 Å². The molecule has 0 saturated heterocycles. The Hall–Kier alpha value is -3.71. The second-order valence-corrected chi connectivity index (χ2v) is 8.15. The monoisotopic (exact) mass is 504 g/mol. The topological polar surface area (TPSA) is 77.5 Å². The van der Waals surface area contributed by atoms with Crippen LogP contribution < -0.4 is 10.1 Å². The van der Waals surface area contributed by atoms with E-state index in [0.29, 0.717) is 17.0 Å². The molecule has 1 heterocycles. The van der Waals surface area contributed by atoms with E-state index >= 15 is 0 Å². The predicted molar refractivity (Wildman–Crippen MR) is 130 cm³/mol. The normalized spacial score (nSPS) is 11.5. The molecule has 0 radical (unpaired) electrons. The molecule has 0 saturated carbocycles. The molecule has 1 aromatic heterocycles. The number of hydrogen-bond donors (Lipinski definition) is 1. The van der Waals surface area contributed by atoms with Crippen LogP contribution in [0.3, 0.4) is 0 Å². The van der Waals surface area contributed by atoms with Gasteiger partial charge in [0.15, 0.2) is 0 Å². The summed E-state index contributed by atoms with van der Waals surface area (Å²) < 4.78 is 12.0. The number of hydrogen-bond acceptors (Lipinski definition) is 5. The van der Waals surface area contributed by atoms with Crippen LogP contribution in [0.4, 0.5) is 5.69 Å². The fraction of sp³-hybridized carbons (Fsp3) is 0.115. The van der Waals surface area contributed by atoms with Crippen LogP contribution in [0.2, 0.25) is 0 Å². The Bertz CT molecular complexity index is 1250. The van der Waals surface area contributed by atoms with E-state index in [9.17, 15) is 9.59 Å². The molecule has 6 nitrogen and oxygen atoms in total. The molecule has 3 aromatic carbocycles. The number of anilines is 1. The summed E-state index contributed by atoms with van der Waals surface area (Å²) >= 11 is 3.38. The summed E-state index contributed by atoms with van der Waals surface area (Å²) in [5, 5.41) is 3.74. The highest BCUT2D eigenvalue weighted by molar-refractivity contribution is 9.10. The number of nitrogens with zero attached hydrogens (tertiary/aromatic N) is 1. The molecule has 0 aliphatic rings. The third-order valence-corrected chi connectivity index (χ3v) is 5.38. The Morgan fingerprint density at radius 2 is 1.73 bits per heavy atom. The van der Waals surface area contributed by atoms with Gasteiger partial charge in [0.25, 0.3) is 5.91 Å². The average molecular weight is 505 g/mol. The molecule has 4 rings (SSSR count). The summed E-state index contributed by atoms with van der Waals surface area (Å²) in [6, 6.07) is 25.4. The molecule has 1 atom stereocenters. The first kappa shape index (κ1) is 22.5. The van der Waals surface area contributed by atoms with E-state index in [-0.39, 0.29) is 13.0 Å². The number of amides is 1. The maximum absolute atomic E-state index is 13.1. The number of nitrogens with one attached hydrogen (secondary N) is 1. The minimum absolute atomic E-state index is 0.0108. The van der Waals surface area contributed by atoms with Gasteiger partial charge in [0.05, 0.1) is 18.5 Å². The second kappa shape index (κ2) is 10.7. The van der Waals surface area contributed by atoms with Crippen LogP contribution in [0.1, 0.15) is 18.1 Å². The maximum Gasteiger partial charge on any atom is 0.310 e. The first-order valence-electron chi connectivity index (χ1n) is 10.4. The lowest BCUT2D eigenvalue weighted by Gasteiger charge is -2.18. The number of fused-ring (bicyclic) bond motifs is 1. The third kappa shape index (κ3) is 6.17. The van der Waals surface area contributed by atoms with Crippen molar-refractivity contribution in [1.82, 2.24) is 4.98 Å². The number of benzene rings is 3. The summed E-state index contributed by atoms with van der Waals surface area (Å²) in [6.45, 7) is 0.148. The molecular weight excluding hydrogens is 484 g/mol. The number of halogens is 1. The van der Waals surface area contributed by atoms with E-state index in [1.807, 2.05) is 54.6 Å². The van der Waals surface area contributed by atoms with Crippen molar-refractivity contribution < 1.29 is 19.1 Å². The zero-order valence-electron chi connectivity index (χ0n) is 17.6. The van der Waals surface area contributed by atoms with E-state index < -0.39 is 18.0 Å². The number of aromatic nitrogens is 1. The number of carbonyl (C=O) groups excluding carboxylic acids is 2. The molecule has 1 N–H and O–H groups in total. The number of esters is 1. The standard InChI is InChI=1S/C26H21BrN2O4/c27-20-10-8-18(9-11-20)25(33-24(30)14-16-32-22-6-2-1-3-7-22)26(31)29-21-12-13-23-19(17-21)5-4-15-28-23/h1-13,15,17,25H,14,16H2,(H,29,31). The largest absolute Gasteiger partial charge is 0.493 e. The fourth-order valence-electron chi connectivity index (χ4n) is 3.23. The second-order valence-electron chi connectivity index (χ2n) is 7.23. The molecule has 4 aromatic rings. The molecule has 1 amide bonds. The Morgan fingerprint density at radius 3 is 2.52 bits per heavy atom. The van der Waals surface area contributed by atoms with E-state index in [1.54, 1.807) is 36.5 Å². The smallest absolute Gasteiger partial charge is 0.310 e. The molecule has 0 aliphatic carbocycles. The van der Waals surface area contributed by atoms with Crippen molar-refractivity contribution in [2.75, 3.05) is 11.9 Å². The van der Waals surface area contributed by atoms with E-state index in [2.05, 4.69) is 26.2 Å². The van der Waals surface area contributed by atoms with Crippen molar-refractivity contribution in [3.63, 3.8) is 0 Å². The van der Waals surface area contributed by atoms with Crippen molar-refractivity contribution in [3.8, 4) is 5.75 Å². The van der Waals surface area contributed by atoms with Crippen LogP contribution in [0.5, 0.6) is 5.75 Å². The van der Waals surface area contributed by atoms with E-state index in [0.717, 1.165) is 15.4 Å². The molecular formula is C26H21BrN2O4. The Kier molecular flexibility index (Phi) is 7.32. The zero-order chi connectivity index (χ0) is 23.0. The van der Waals surface area contributed by atoms with Gasteiger partial charge >= 0.3 is 5.97 Å². The van der Waals surface area contributed by atoms with Gasteiger partial charge in [-0.25, -0.2) is 0 Å². The van der Waals surface area contributed by atoms with E-state index in [4.69, 9.17) is 9.47 Å². The van der Waals surface area contributed by atoms with Gasteiger partial charge in [0.1, 0.15) is 5.75 Å². The van der Waals surface area contributed by atoms with Gasteiger partial charge in [0.2, 0.25) is 6.10 Å². The Balaban J connectivity index is 1.45. The van der Waals surface area contributed by atoms with Crippen LogP contribution in [0.15, 0.2) is 95.6 Å². The van der Waals surface area contributed by atoms with Gasteiger partial charge in [0, 0.05) is 27.3 Å². The highest BCUT2D eigenvalue weighted by Crippen LogP contribution is 2.24. The van der Waals surface area contributed by atoms with E-state index in [1.165, 1.54) is 0 Å². The lowest BCUT2D eigenvalue weighted by Crippen LogP contribution is -2.26. The number of para-hydroxylation sites is 1. The molecule has 166 valence electrons. The first-order valence-corrected chi connectivity index (χ1v) is 11.2. The van der Waals surface area contributed by atoms with Crippen LogP contribution in [-0.4, -0.2) is 23.5 Å². The van der Waals surface area contributed by atoms with Crippen molar-refractivity contribution >= 4 is 44.4 Å². The Labute approximate surface area is 199 Å². The van der Waals surface area contributed by atoms with Crippen molar-refractivity contribution in [2.45, 2.75) is 12.5 Å². The highest BCUT2D eigenvalue weighted by Gasteiger charge is 2.25. The van der Waals surface area contributed by atoms with Crippen molar-refractivity contribution in [3.05, 3.63) is 101 Å². The maximum atomic E-state index is 13.1. The molecule has 0 spiro atoms. The first-order chi connectivity index (χ1) is 16.1. The van der Waals surface area contributed by atoms with Gasteiger partial charge in [-0.05, 0) is 48.5 Å². The zero-order valence-corrected chi connectivity index (χ0v) is 19.2.